The lowest BCUT2D eigenvalue weighted by atomic mass is 10.0. The SMILES string of the molecule is CC1CN(c2c(C=O)cc(-c3cnccn3)c(N3CCOCC3)c2F)CC(C)O1. The third-order valence-electron chi connectivity index (χ3n) is 5.27. The fraction of sp³-hybridized carbons (Fsp3) is 0.476. The molecule has 1 aromatic carbocycles. The van der Waals surface area contributed by atoms with Gasteiger partial charge < -0.3 is 19.3 Å². The summed E-state index contributed by atoms with van der Waals surface area (Å²) in [5.41, 5.74) is 2.18. The zero-order valence-corrected chi connectivity index (χ0v) is 16.7. The number of carbonyl (C=O) groups is 1. The molecule has 0 saturated carbocycles. The van der Waals surface area contributed by atoms with Crippen molar-refractivity contribution in [2.75, 3.05) is 49.2 Å². The maximum atomic E-state index is 16.1. The van der Waals surface area contributed by atoms with Crippen molar-refractivity contribution in [2.45, 2.75) is 26.1 Å². The summed E-state index contributed by atoms with van der Waals surface area (Å²) in [7, 11) is 0. The van der Waals surface area contributed by atoms with Gasteiger partial charge in [-0.3, -0.25) is 14.8 Å². The number of carbonyl (C=O) groups excluding carboxylic acids is 1. The highest BCUT2D eigenvalue weighted by Gasteiger charge is 2.31. The highest BCUT2D eigenvalue weighted by atomic mass is 19.1. The van der Waals surface area contributed by atoms with Crippen LogP contribution >= 0.6 is 0 Å². The number of anilines is 2. The number of morpholine rings is 2. The summed E-state index contributed by atoms with van der Waals surface area (Å²) in [4.78, 5) is 24.3. The van der Waals surface area contributed by atoms with Crippen molar-refractivity contribution in [3.05, 3.63) is 36.0 Å². The molecule has 0 amide bonds. The van der Waals surface area contributed by atoms with Gasteiger partial charge in [-0.15, -0.1) is 0 Å². The van der Waals surface area contributed by atoms with Crippen LogP contribution in [0.2, 0.25) is 0 Å². The van der Waals surface area contributed by atoms with Gasteiger partial charge in [0.1, 0.15) is 0 Å². The van der Waals surface area contributed by atoms with Crippen molar-refractivity contribution >= 4 is 17.7 Å². The molecule has 8 heteroatoms. The van der Waals surface area contributed by atoms with Crippen molar-refractivity contribution in [1.29, 1.82) is 0 Å². The third-order valence-corrected chi connectivity index (χ3v) is 5.27. The topological polar surface area (TPSA) is 67.8 Å². The van der Waals surface area contributed by atoms with Gasteiger partial charge in [0.2, 0.25) is 0 Å². The lowest BCUT2D eigenvalue weighted by Gasteiger charge is -2.39. The second-order valence-corrected chi connectivity index (χ2v) is 7.49. The number of halogens is 1. The van der Waals surface area contributed by atoms with E-state index in [1.807, 2.05) is 23.6 Å². The van der Waals surface area contributed by atoms with E-state index in [0.29, 0.717) is 73.9 Å². The van der Waals surface area contributed by atoms with E-state index in [1.54, 1.807) is 24.7 Å². The maximum Gasteiger partial charge on any atom is 0.171 e. The quantitative estimate of drug-likeness (QED) is 0.731. The first kappa shape index (κ1) is 19.7. The van der Waals surface area contributed by atoms with Crippen LogP contribution in [0, 0.1) is 5.82 Å². The van der Waals surface area contributed by atoms with Crippen LogP contribution in [0.15, 0.2) is 24.7 Å². The third kappa shape index (κ3) is 3.95. The Hall–Kier alpha value is -2.58. The molecule has 1 aromatic heterocycles. The Bertz CT molecular complexity index is 864. The number of ether oxygens (including phenoxy) is 2. The van der Waals surface area contributed by atoms with Crippen LogP contribution in [-0.2, 0) is 9.47 Å². The zero-order valence-electron chi connectivity index (χ0n) is 16.7. The molecule has 2 aliphatic heterocycles. The number of benzene rings is 1. The first-order chi connectivity index (χ1) is 14.1. The molecule has 0 N–H and O–H groups in total. The Morgan fingerprint density at radius 1 is 1.10 bits per heavy atom. The second-order valence-electron chi connectivity index (χ2n) is 7.49. The number of aromatic nitrogens is 2. The smallest absolute Gasteiger partial charge is 0.171 e. The van der Waals surface area contributed by atoms with Crippen LogP contribution in [0.1, 0.15) is 24.2 Å². The van der Waals surface area contributed by atoms with E-state index in [1.165, 1.54) is 0 Å². The normalized spacial score (nSPS) is 22.6. The molecule has 2 atom stereocenters. The van der Waals surface area contributed by atoms with E-state index in [4.69, 9.17) is 9.47 Å². The largest absolute Gasteiger partial charge is 0.378 e. The molecular weight excluding hydrogens is 375 g/mol. The molecule has 7 nitrogen and oxygen atoms in total. The van der Waals surface area contributed by atoms with E-state index < -0.39 is 5.82 Å². The van der Waals surface area contributed by atoms with E-state index in [-0.39, 0.29) is 12.2 Å². The molecule has 2 aliphatic rings. The van der Waals surface area contributed by atoms with Gasteiger partial charge in [0.25, 0.3) is 0 Å². The fourth-order valence-corrected chi connectivity index (χ4v) is 4.15. The minimum Gasteiger partial charge on any atom is -0.378 e. The molecule has 2 fully saturated rings. The number of rotatable bonds is 4. The predicted octanol–water partition coefficient (Wildman–Crippen LogP) is 2.55. The maximum absolute atomic E-state index is 16.1. The number of nitrogens with zero attached hydrogens (tertiary/aromatic N) is 4. The Kier molecular flexibility index (Phi) is 5.73. The highest BCUT2D eigenvalue weighted by molar-refractivity contribution is 5.93. The monoisotopic (exact) mass is 400 g/mol. The van der Waals surface area contributed by atoms with Gasteiger partial charge in [0.15, 0.2) is 12.1 Å². The van der Waals surface area contributed by atoms with Crippen molar-refractivity contribution in [2.24, 2.45) is 0 Å². The molecule has 0 bridgehead atoms. The lowest BCUT2D eigenvalue weighted by molar-refractivity contribution is -0.00542. The van der Waals surface area contributed by atoms with E-state index in [0.717, 1.165) is 0 Å². The van der Waals surface area contributed by atoms with Crippen molar-refractivity contribution in [1.82, 2.24) is 9.97 Å². The van der Waals surface area contributed by atoms with Crippen molar-refractivity contribution < 1.29 is 18.7 Å². The molecule has 2 unspecified atom stereocenters. The standard InChI is InChI=1S/C21H25FN4O3/c1-14-11-26(12-15(2)29-14)20-16(13-27)9-17(18-10-23-3-4-24-18)21(19(20)22)25-5-7-28-8-6-25/h3-4,9-10,13-15H,5-8,11-12H2,1-2H3. The molecule has 3 heterocycles. The van der Waals surface area contributed by atoms with Crippen molar-refractivity contribution in [3.8, 4) is 11.3 Å². The summed E-state index contributed by atoms with van der Waals surface area (Å²) in [6.45, 7) is 7.14. The van der Waals surface area contributed by atoms with Crippen LogP contribution in [-0.4, -0.2) is 67.9 Å². The molecule has 154 valence electrons. The van der Waals surface area contributed by atoms with Crippen LogP contribution < -0.4 is 9.80 Å². The molecule has 0 spiro atoms. The first-order valence-corrected chi connectivity index (χ1v) is 9.89. The van der Waals surface area contributed by atoms with Gasteiger partial charge in [-0.2, -0.15) is 0 Å². The van der Waals surface area contributed by atoms with E-state index >= 15 is 4.39 Å². The summed E-state index contributed by atoms with van der Waals surface area (Å²) in [6, 6.07) is 1.73. The van der Waals surface area contributed by atoms with Crippen LogP contribution in [0.3, 0.4) is 0 Å². The lowest BCUT2D eigenvalue weighted by Crippen LogP contribution is -2.46. The number of hydrogen-bond acceptors (Lipinski definition) is 7. The minimum absolute atomic E-state index is 0.0517. The summed E-state index contributed by atoms with van der Waals surface area (Å²) in [5, 5.41) is 0. The van der Waals surface area contributed by atoms with Crippen LogP contribution in [0.5, 0.6) is 0 Å². The van der Waals surface area contributed by atoms with Gasteiger partial charge in [0.05, 0.1) is 48.7 Å². The van der Waals surface area contributed by atoms with Gasteiger partial charge in [-0.1, -0.05) is 0 Å². The molecule has 2 aromatic rings. The second kappa shape index (κ2) is 8.42. The van der Waals surface area contributed by atoms with Crippen molar-refractivity contribution in [3.63, 3.8) is 0 Å². The molecule has 0 radical (unpaired) electrons. The summed E-state index contributed by atoms with van der Waals surface area (Å²) in [6.07, 6.45) is 5.34. The Labute approximate surface area is 169 Å². The first-order valence-electron chi connectivity index (χ1n) is 9.89. The van der Waals surface area contributed by atoms with E-state index in [2.05, 4.69) is 9.97 Å². The van der Waals surface area contributed by atoms with Gasteiger partial charge in [-0.25, -0.2) is 4.39 Å². The molecule has 2 saturated heterocycles. The Morgan fingerprint density at radius 3 is 2.45 bits per heavy atom. The summed E-state index contributed by atoms with van der Waals surface area (Å²) >= 11 is 0. The summed E-state index contributed by atoms with van der Waals surface area (Å²) < 4.78 is 27.4. The van der Waals surface area contributed by atoms with Gasteiger partial charge in [-0.05, 0) is 19.9 Å². The van der Waals surface area contributed by atoms with Crippen LogP contribution in [0.4, 0.5) is 15.8 Å². The Balaban J connectivity index is 1.89. The predicted molar refractivity (Wildman–Crippen MR) is 108 cm³/mol. The minimum atomic E-state index is -0.404. The molecule has 0 aliphatic carbocycles. The number of aldehydes is 1. The Morgan fingerprint density at radius 2 is 1.83 bits per heavy atom. The van der Waals surface area contributed by atoms with E-state index in [9.17, 15) is 4.79 Å². The van der Waals surface area contributed by atoms with Gasteiger partial charge in [0, 0.05) is 49.7 Å². The average Bonchev–Trinajstić information content (AvgIpc) is 2.73. The molecule has 29 heavy (non-hydrogen) atoms. The molecular formula is C21H25FN4O3. The molecule has 4 rings (SSSR count). The van der Waals surface area contributed by atoms with Gasteiger partial charge >= 0.3 is 0 Å². The number of hydrogen-bond donors (Lipinski definition) is 0. The highest BCUT2D eigenvalue weighted by Crippen LogP contribution is 2.40. The summed E-state index contributed by atoms with van der Waals surface area (Å²) in [5.74, 6) is -0.404. The fourth-order valence-electron chi connectivity index (χ4n) is 4.15. The average molecular weight is 400 g/mol. The zero-order chi connectivity index (χ0) is 20.4. The van der Waals surface area contributed by atoms with Crippen LogP contribution in [0.25, 0.3) is 11.3 Å².